The Kier molecular flexibility index (Phi) is 6.69. The van der Waals surface area contributed by atoms with Crippen molar-refractivity contribution in [1.82, 2.24) is 4.90 Å². The van der Waals surface area contributed by atoms with Gasteiger partial charge in [-0.25, -0.2) is 4.79 Å². The quantitative estimate of drug-likeness (QED) is 0.826. The molecule has 0 saturated carbocycles. The van der Waals surface area contributed by atoms with E-state index in [4.69, 9.17) is 26.2 Å². The molecule has 1 aliphatic heterocycles. The minimum atomic E-state index is -0.991. The molecule has 0 spiro atoms. The predicted molar refractivity (Wildman–Crippen MR) is 89.1 cm³/mol. The lowest BCUT2D eigenvalue weighted by atomic mass is 10.0. The fraction of sp³-hybridized carbons (Fsp3) is 0.588. The van der Waals surface area contributed by atoms with Gasteiger partial charge in [0.2, 0.25) is 0 Å². The van der Waals surface area contributed by atoms with Crippen LogP contribution in [0.2, 0.25) is 5.02 Å². The van der Waals surface area contributed by atoms with Gasteiger partial charge in [0, 0.05) is 29.7 Å². The molecule has 1 aromatic rings. The van der Waals surface area contributed by atoms with Crippen molar-refractivity contribution in [3.63, 3.8) is 0 Å². The number of halogens is 1. The van der Waals surface area contributed by atoms with Crippen LogP contribution >= 0.6 is 11.6 Å². The van der Waals surface area contributed by atoms with Gasteiger partial charge in [0.15, 0.2) is 6.61 Å². The van der Waals surface area contributed by atoms with E-state index in [1.165, 1.54) is 0 Å². The maximum atomic E-state index is 10.7. The van der Waals surface area contributed by atoms with Crippen molar-refractivity contribution in [1.29, 1.82) is 0 Å². The van der Waals surface area contributed by atoms with Crippen LogP contribution in [-0.2, 0) is 16.1 Å². The Labute approximate surface area is 142 Å². The number of hydrogen-bond donors (Lipinski definition) is 1. The van der Waals surface area contributed by atoms with E-state index < -0.39 is 5.97 Å². The lowest BCUT2D eigenvalue weighted by molar-refractivity contribution is -0.139. The van der Waals surface area contributed by atoms with E-state index in [0.717, 1.165) is 25.1 Å². The van der Waals surface area contributed by atoms with E-state index in [2.05, 4.69) is 18.7 Å². The highest BCUT2D eigenvalue weighted by Crippen LogP contribution is 2.27. The van der Waals surface area contributed by atoms with Gasteiger partial charge in [-0.1, -0.05) is 25.4 Å². The Balaban J connectivity index is 2.12. The molecule has 1 aromatic carbocycles. The molecule has 0 aliphatic carbocycles. The van der Waals surface area contributed by atoms with Crippen molar-refractivity contribution in [2.45, 2.75) is 32.9 Å². The predicted octanol–water partition coefficient (Wildman–Crippen LogP) is 3.05. The SMILES string of the molecule is CC(C)CC1COCCN1Cc1cc(Cl)ccc1OCC(=O)O. The van der Waals surface area contributed by atoms with Crippen molar-refractivity contribution in [2.24, 2.45) is 5.92 Å². The van der Waals surface area contributed by atoms with E-state index >= 15 is 0 Å². The average Bonchev–Trinajstić information content (AvgIpc) is 2.48. The fourth-order valence-electron chi connectivity index (χ4n) is 2.83. The highest BCUT2D eigenvalue weighted by molar-refractivity contribution is 6.30. The number of carboxylic acids is 1. The van der Waals surface area contributed by atoms with Crippen LogP contribution in [0.3, 0.4) is 0 Å². The molecule has 1 heterocycles. The Hall–Kier alpha value is -1.30. The summed E-state index contributed by atoms with van der Waals surface area (Å²) in [5.74, 6) is 0.174. The molecule has 2 rings (SSSR count). The second kappa shape index (κ2) is 8.52. The smallest absolute Gasteiger partial charge is 0.341 e. The van der Waals surface area contributed by atoms with E-state index in [9.17, 15) is 4.79 Å². The zero-order valence-corrected chi connectivity index (χ0v) is 14.4. The second-order valence-electron chi connectivity index (χ2n) is 6.26. The number of aliphatic carboxylic acids is 1. The van der Waals surface area contributed by atoms with Gasteiger partial charge in [0.1, 0.15) is 5.75 Å². The van der Waals surface area contributed by atoms with Crippen LogP contribution in [0, 0.1) is 5.92 Å². The van der Waals surface area contributed by atoms with Gasteiger partial charge in [-0.2, -0.15) is 0 Å². The first kappa shape index (κ1) is 18.0. The van der Waals surface area contributed by atoms with Gasteiger partial charge < -0.3 is 14.6 Å². The monoisotopic (exact) mass is 341 g/mol. The topological polar surface area (TPSA) is 59.0 Å². The molecule has 128 valence electrons. The minimum Gasteiger partial charge on any atom is -0.482 e. The van der Waals surface area contributed by atoms with E-state index in [1.807, 2.05) is 6.07 Å². The summed E-state index contributed by atoms with van der Waals surface area (Å²) in [7, 11) is 0. The number of rotatable bonds is 7. The summed E-state index contributed by atoms with van der Waals surface area (Å²) in [6, 6.07) is 5.65. The van der Waals surface area contributed by atoms with Gasteiger partial charge in [-0.3, -0.25) is 4.90 Å². The van der Waals surface area contributed by atoms with E-state index in [-0.39, 0.29) is 6.61 Å². The molecule has 1 atom stereocenters. The molecule has 1 fully saturated rings. The number of nitrogens with zero attached hydrogens (tertiary/aromatic N) is 1. The summed E-state index contributed by atoms with van der Waals surface area (Å²) in [6.07, 6.45) is 1.06. The molecule has 0 amide bonds. The maximum Gasteiger partial charge on any atom is 0.341 e. The molecule has 23 heavy (non-hydrogen) atoms. The van der Waals surface area contributed by atoms with Crippen LogP contribution in [0.15, 0.2) is 18.2 Å². The first-order valence-corrected chi connectivity index (χ1v) is 8.28. The minimum absolute atomic E-state index is 0.354. The fourth-order valence-corrected chi connectivity index (χ4v) is 3.02. The number of ether oxygens (including phenoxy) is 2. The molecule has 1 saturated heterocycles. The summed E-state index contributed by atoms with van der Waals surface area (Å²) < 4.78 is 11.0. The van der Waals surface area contributed by atoms with Crippen molar-refractivity contribution >= 4 is 17.6 Å². The van der Waals surface area contributed by atoms with Crippen molar-refractivity contribution in [2.75, 3.05) is 26.4 Å². The van der Waals surface area contributed by atoms with E-state index in [1.54, 1.807) is 12.1 Å². The number of morpholine rings is 1. The van der Waals surface area contributed by atoms with Crippen LogP contribution < -0.4 is 4.74 Å². The molecular weight excluding hydrogens is 318 g/mol. The van der Waals surface area contributed by atoms with Gasteiger partial charge in [-0.05, 0) is 30.5 Å². The van der Waals surface area contributed by atoms with Gasteiger partial charge in [0.05, 0.1) is 13.2 Å². The van der Waals surface area contributed by atoms with Crippen LogP contribution in [0.5, 0.6) is 5.75 Å². The molecule has 1 unspecified atom stereocenters. The van der Waals surface area contributed by atoms with Crippen molar-refractivity contribution in [3.05, 3.63) is 28.8 Å². The third kappa shape index (κ3) is 5.68. The van der Waals surface area contributed by atoms with Crippen LogP contribution in [0.4, 0.5) is 0 Å². The zero-order chi connectivity index (χ0) is 16.8. The highest BCUT2D eigenvalue weighted by atomic mass is 35.5. The molecule has 0 aromatic heterocycles. The molecule has 1 N–H and O–H groups in total. The number of carboxylic acid groups (broad SMARTS) is 1. The summed E-state index contributed by atoms with van der Waals surface area (Å²) in [6.45, 7) is 7.01. The molecule has 6 heteroatoms. The van der Waals surface area contributed by atoms with Crippen LogP contribution in [-0.4, -0.2) is 48.4 Å². The van der Waals surface area contributed by atoms with Gasteiger partial charge >= 0.3 is 5.97 Å². The maximum absolute atomic E-state index is 10.7. The molecule has 5 nitrogen and oxygen atoms in total. The summed E-state index contributed by atoms with van der Waals surface area (Å²) in [5.41, 5.74) is 0.911. The number of hydrogen-bond acceptors (Lipinski definition) is 4. The van der Waals surface area contributed by atoms with Crippen molar-refractivity contribution in [3.8, 4) is 5.75 Å². The zero-order valence-electron chi connectivity index (χ0n) is 13.6. The van der Waals surface area contributed by atoms with E-state index in [0.29, 0.717) is 35.9 Å². The summed E-state index contributed by atoms with van der Waals surface area (Å²) in [5, 5.41) is 9.43. The molecule has 0 bridgehead atoms. The Morgan fingerprint density at radius 1 is 1.52 bits per heavy atom. The van der Waals surface area contributed by atoms with Gasteiger partial charge in [0.25, 0.3) is 0 Å². The largest absolute Gasteiger partial charge is 0.482 e. The first-order valence-electron chi connectivity index (χ1n) is 7.90. The number of benzene rings is 1. The summed E-state index contributed by atoms with van der Waals surface area (Å²) >= 11 is 6.10. The first-order chi connectivity index (χ1) is 11.0. The van der Waals surface area contributed by atoms with Gasteiger partial charge in [-0.15, -0.1) is 0 Å². The Morgan fingerprint density at radius 3 is 3.00 bits per heavy atom. The molecular formula is C17H24ClNO4. The normalized spacial score (nSPS) is 19.0. The third-order valence-corrected chi connectivity index (χ3v) is 4.08. The lowest BCUT2D eigenvalue weighted by Crippen LogP contribution is -2.45. The van der Waals surface area contributed by atoms with Crippen molar-refractivity contribution < 1.29 is 19.4 Å². The highest BCUT2D eigenvalue weighted by Gasteiger charge is 2.25. The number of carbonyl (C=O) groups is 1. The van der Waals surface area contributed by atoms with Crippen LogP contribution in [0.25, 0.3) is 0 Å². The second-order valence-corrected chi connectivity index (χ2v) is 6.70. The standard InChI is InChI=1S/C17H24ClNO4/c1-12(2)7-15-10-22-6-5-19(15)9-13-8-14(18)3-4-16(13)23-11-17(20)21/h3-4,8,12,15H,5-7,9-11H2,1-2H3,(H,20,21). The molecule has 1 aliphatic rings. The van der Waals surface area contributed by atoms with Crippen LogP contribution in [0.1, 0.15) is 25.8 Å². The molecule has 0 radical (unpaired) electrons. The third-order valence-electron chi connectivity index (χ3n) is 3.84. The Bertz CT molecular complexity index is 535. The average molecular weight is 342 g/mol. The summed E-state index contributed by atoms with van der Waals surface area (Å²) in [4.78, 5) is 13.1. The Morgan fingerprint density at radius 2 is 2.30 bits per heavy atom. The lowest BCUT2D eigenvalue weighted by Gasteiger charge is -2.36.